The lowest BCUT2D eigenvalue weighted by Crippen LogP contribution is -2.64. The number of aliphatic hydroxyl groups excluding tert-OH is 20. The molecule has 0 spiro atoms. The lowest BCUT2D eigenvalue weighted by atomic mass is 10.0. The first-order chi connectivity index (χ1) is 39.0. The van der Waals surface area contributed by atoms with Crippen molar-refractivity contribution in [3.05, 3.63) is 0 Å². The summed E-state index contributed by atoms with van der Waals surface area (Å²) in [6.45, 7) is -5.37. The van der Waals surface area contributed by atoms with Crippen LogP contribution in [0.15, 0.2) is 0 Å². The monoisotopic (exact) mass is 1210 g/mol. The molecule has 36 atom stereocenters. The molecular formula is C45H74O37. The second-order valence-electron chi connectivity index (χ2n) is 21.1. The Bertz CT molecular complexity index is 1980. The fourth-order valence-corrected chi connectivity index (χ4v) is 10.4. The zero-order valence-electron chi connectivity index (χ0n) is 43.0. The first-order valence-corrected chi connectivity index (χ1v) is 26.3. The molecule has 9 heterocycles. The van der Waals surface area contributed by atoms with Crippen LogP contribution in [0.3, 0.4) is 0 Å². The molecule has 0 aromatic heterocycles. The summed E-state index contributed by atoms with van der Waals surface area (Å²) >= 11 is 0. The minimum atomic E-state index is -2.02. The largest absolute Gasteiger partial charge is 0.394 e. The zero-order valence-corrected chi connectivity index (χ0v) is 43.0. The predicted octanol–water partition coefficient (Wildman–Crippen LogP) is -14.9. The van der Waals surface area contributed by atoms with Gasteiger partial charge in [0.25, 0.3) is 0 Å². The van der Waals surface area contributed by atoms with Crippen LogP contribution in [0.2, 0.25) is 0 Å². The number of rotatable bonds is 18. The third-order valence-corrected chi connectivity index (χ3v) is 15.5. The molecule has 9 fully saturated rings. The van der Waals surface area contributed by atoms with Crippen molar-refractivity contribution in [1.82, 2.24) is 0 Å². The van der Waals surface area contributed by atoms with Crippen LogP contribution < -0.4 is 0 Å². The molecule has 0 aromatic carbocycles. The van der Waals surface area contributed by atoms with Crippen molar-refractivity contribution in [1.29, 1.82) is 0 Å². The van der Waals surface area contributed by atoms with Crippen molar-refractivity contribution >= 4 is 0 Å². The van der Waals surface area contributed by atoms with E-state index in [1.807, 2.05) is 0 Å². The number of hydrogen-bond acceptors (Lipinski definition) is 37. The topological polar surface area (TPSA) is 562 Å². The summed E-state index contributed by atoms with van der Waals surface area (Å²) in [6.07, 6.45) is -61.2. The van der Waals surface area contributed by atoms with Crippen molar-refractivity contribution in [2.45, 2.75) is 221 Å². The van der Waals surface area contributed by atoms with Crippen LogP contribution in [0.4, 0.5) is 0 Å². The molecule has 20 N–H and O–H groups in total. The smallest absolute Gasteiger partial charge is 0.187 e. The van der Waals surface area contributed by atoms with Crippen LogP contribution in [0.1, 0.15) is 0 Å². The molecule has 0 unspecified atom stereocenters. The van der Waals surface area contributed by atoms with Crippen molar-refractivity contribution in [2.24, 2.45) is 0 Å². The van der Waals surface area contributed by atoms with Crippen LogP contribution in [-0.2, 0) is 80.5 Å². The van der Waals surface area contributed by atoms with Crippen LogP contribution in [-0.4, -0.2) is 383 Å². The van der Waals surface area contributed by atoms with E-state index in [1.165, 1.54) is 0 Å². The Morgan fingerprint density at radius 2 is 0.512 bits per heavy atom. The summed E-state index contributed by atoms with van der Waals surface area (Å²) in [5.74, 6) is 0. The molecule has 0 aliphatic carbocycles. The predicted molar refractivity (Wildman–Crippen MR) is 243 cm³/mol. The number of aliphatic hydroxyl groups is 20. The van der Waals surface area contributed by atoms with Gasteiger partial charge in [0, 0.05) is 0 Å². The van der Waals surface area contributed by atoms with Crippen molar-refractivity contribution < 1.29 is 183 Å². The van der Waals surface area contributed by atoms with Gasteiger partial charge in [-0.2, -0.15) is 0 Å². The highest BCUT2D eigenvalue weighted by molar-refractivity contribution is 4.97. The van der Waals surface area contributed by atoms with Gasteiger partial charge in [0.05, 0.1) is 59.5 Å². The molecule has 9 saturated heterocycles. The van der Waals surface area contributed by atoms with Crippen molar-refractivity contribution in [2.75, 3.05) is 59.5 Å². The van der Waals surface area contributed by atoms with E-state index in [4.69, 9.17) is 80.5 Å². The van der Waals surface area contributed by atoms with Gasteiger partial charge in [-0.1, -0.05) is 0 Å². The zero-order chi connectivity index (χ0) is 59.2. The molecular weight excluding hydrogens is 1130 g/mol. The minimum Gasteiger partial charge on any atom is -0.394 e. The fourth-order valence-electron chi connectivity index (χ4n) is 10.4. The average Bonchev–Trinajstić information content (AvgIpc) is 3.99. The standard InChI is InChI=1S/C45H74O37/c46-1-11-20(50)31(61)44(73-11)81-35-17(79-38-27(57)19(49)10(48)3-67-38)8-71-42(33(35)63)78-16-7-69-40(29(59)25(16)55)76-14-5-70-41(30(60)23(14)53)80-18-9-72-43(34(64)36(18)82-45-32(62)21(51)12(2-47)74-45)77-15-6-68-39(28(58)24(15)54)75-13-4-66-37(65)26(56)22(13)52/h10-65H,1-9H2/t10-,11-,12-,13-,14-,15-,16-,17-,18-,19+,20-,21-,22+,23+,24+,25+,26-,27-,28-,29-,30-,31+,32+,33-,34-,35+,36+,37-,38+,39+,40+,41+,42+,43+,44-,45-/m1/s1. The van der Waals surface area contributed by atoms with Gasteiger partial charge in [-0.15, -0.1) is 0 Å². The fraction of sp³-hybridized carbons (Fsp3) is 1.00. The number of ether oxygens (including phenoxy) is 17. The maximum Gasteiger partial charge on any atom is 0.187 e. The van der Waals surface area contributed by atoms with E-state index in [9.17, 15) is 102 Å². The van der Waals surface area contributed by atoms with Crippen LogP contribution in [0, 0.1) is 0 Å². The maximum atomic E-state index is 11.7. The highest BCUT2D eigenvalue weighted by atomic mass is 16.8. The van der Waals surface area contributed by atoms with Crippen molar-refractivity contribution in [3.8, 4) is 0 Å². The molecule has 0 aromatic rings. The van der Waals surface area contributed by atoms with Crippen LogP contribution >= 0.6 is 0 Å². The van der Waals surface area contributed by atoms with Gasteiger partial charge in [0.1, 0.15) is 165 Å². The van der Waals surface area contributed by atoms with E-state index < -0.39 is 281 Å². The third kappa shape index (κ3) is 13.7. The number of hydrogen-bond donors (Lipinski definition) is 20. The van der Waals surface area contributed by atoms with Gasteiger partial charge < -0.3 is 183 Å². The van der Waals surface area contributed by atoms with Crippen LogP contribution in [0.5, 0.6) is 0 Å². The molecule has 0 saturated carbocycles. The summed E-state index contributed by atoms with van der Waals surface area (Å²) in [5.41, 5.74) is 0. The van der Waals surface area contributed by atoms with Crippen molar-refractivity contribution in [3.63, 3.8) is 0 Å². The van der Waals surface area contributed by atoms with E-state index in [0.29, 0.717) is 0 Å². The van der Waals surface area contributed by atoms with Gasteiger partial charge in [0.2, 0.25) is 0 Å². The summed E-state index contributed by atoms with van der Waals surface area (Å²) < 4.78 is 95.6. The first-order valence-electron chi connectivity index (χ1n) is 26.3. The highest BCUT2D eigenvalue weighted by Gasteiger charge is 2.56. The quantitative estimate of drug-likeness (QED) is 0.0606. The van der Waals surface area contributed by atoms with Gasteiger partial charge in [-0.3, -0.25) is 0 Å². The molecule has 37 heteroatoms. The van der Waals surface area contributed by atoms with E-state index in [2.05, 4.69) is 0 Å². The van der Waals surface area contributed by atoms with Gasteiger partial charge >= 0.3 is 0 Å². The summed E-state index contributed by atoms with van der Waals surface area (Å²) in [6, 6.07) is 0. The molecule has 82 heavy (non-hydrogen) atoms. The van der Waals surface area contributed by atoms with E-state index in [1.54, 1.807) is 0 Å². The van der Waals surface area contributed by atoms with E-state index in [0.717, 1.165) is 0 Å². The van der Waals surface area contributed by atoms with Gasteiger partial charge in [0.15, 0.2) is 56.6 Å². The summed E-state index contributed by atoms with van der Waals surface area (Å²) in [5, 5.41) is 212. The third-order valence-electron chi connectivity index (χ3n) is 15.5. The van der Waals surface area contributed by atoms with Crippen LogP contribution in [0.25, 0.3) is 0 Å². The normalized spacial score (nSPS) is 54.3. The van der Waals surface area contributed by atoms with E-state index >= 15 is 0 Å². The summed E-state index contributed by atoms with van der Waals surface area (Å²) in [4.78, 5) is 0. The Balaban J connectivity index is 0.792. The maximum absolute atomic E-state index is 11.7. The molecule has 0 bridgehead atoms. The lowest BCUT2D eigenvalue weighted by molar-refractivity contribution is -0.376. The Kier molecular flexibility index (Phi) is 22.1. The Labute approximate surface area is 463 Å². The average molecular weight is 1210 g/mol. The van der Waals surface area contributed by atoms with Gasteiger partial charge in [-0.05, 0) is 0 Å². The molecule has 9 aliphatic heterocycles. The SMILES string of the molecule is OC[C@H]1O[C@H](O[C@@H]2[C@@H](O)[C@H](O[C@@H]3CO[C@@H](O[C@@H]4CO[C@@H](O[C@@H]5CO[C@@H](O[C@@H]6CO[C@@H](O[C@@H]7CO[C@@H](O)[C@H](O)[C@H]7O)[C@H](O)[C@H]6O)[C@H](O)[C@H]5O[C@H]5O[C@H](CO)[C@@H](O)[C@@H]5O)[C@H](O)[C@H]4O)[C@H](O)[C@H]3O)OC[C@H]2O[C@@H]2OC[C@@H](O)[C@H](O)[C@H]2O)[C@@H](O)[C@@H]1O. The molecule has 37 nitrogen and oxygen atoms in total. The second-order valence-corrected chi connectivity index (χ2v) is 21.1. The van der Waals surface area contributed by atoms with E-state index in [-0.39, 0.29) is 0 Å². The molecule has 9 rings (SSSR count). The first kappa shape index (κ1) is 65.0. The van der Waals surface area contributed by atoms with Gasteiger partial charge in [-0.25, -0.2) is 0 Å². The lowest BCUT2D eigenvalue weighted by Gasteiger charge is -2.46. The molecule has 0 radical (unpaired) electrons. The molecule has 9 aliphatic rings. The minimum absolute atomic E-state index is 0.432. The Morgan fingerprint density at radius 1 is 0.244 bits per heavy atom. The second kappa shape index (κ2) is 27.9. The highest BCUT2D eigenvalue weighted by Crippen LogP contribution is 2.36. The summed E-state index contributed by atoms with van der Waals surface area (Å²) in [7, 11) is 0. The molecule has 476 valence electrons. The Hall–Kier alpha value is -1.48. The Morgan fingerprint density at radius 3 is 0.854 bits per heavy atom. The molecule has 0 amide bonds.